The number of aliphatic carboxylic acids is 1. The Morgan fingerprint density at radius 1 is 1.00 bits per heavy atom. The number of hydrogen-bond donors (Lipinski definition) is 4. The number of carbonyl (C=O) groups excluding carboxylic acids is 2. The number of amides is 2. The average molecular weight is 466 g/mol. The van der Waals surface area contributed by atoms with Gasteiger partial charge in [0, 0.05) is 37.3 Å². The molecule has 1 saturated heterocycles. The van der Waals surface area contributed by atoms with Gasteiger partial charge in [-0.1, -0.05) is 42.5 Å². The SMILES string of the molecule is CC(C)(NC(=O)c1ccc(C(=N)N)cc1)C(C(=O)N1CCN(CC(=O)O)CC1)c1ccccc1. The van der Waals surface area contributed by atoms with Gasteiger partial charge in [0.15, 0.2) is 0 Å². The van der Waals surface area contributed by atoms with Crippen molar-refractivity contribution in [2.45, 2.75) is 25.3 Å². The molecule has 1 fully saturated rings. The van der Waals surface area contributed by atoms with Crippen molar-refractivity contribution in [3.63, 3.8) is 0 Å². The maximum atomic E-state index is 13.7. The molecule has 0 spiro atoms. The number of nitrogens with one attached hydrogen (secondary N) is 2. The van der Waals surface area contributed by atoms with Crippen LogP contribution in [0, 0.1) is 5.41 Å². The van der Waals surface area contributed by atoms with Gasteiger partial charge in [-0.2, -0.15) is 0 Å². The normalized spacial score (nSPS) is 15.4. The fraction of sp³-hybridized carbons (Fsp3) is 0.360. The smallest absolute Gasteiger partial charge is 0.317 e. The number of hydrogen-bond acceptors (Lipinski definition) is 5. The third-order valence-corrected chi connectivity index (χ3v) is 6.04. The van der Waals surface area contributed by atoms with Crippen molar-refractivity contribution in [2.24, 2.45) is 5.73 Å². The van der Waals surface area contributed by atoms with Gasteiger partial charge >= 0.3 is 5.97 Å². The molecule has 2 aromatic carbocycles. The molecule has 1 unspecified atom stereocenters. The first-order valence-corrected chi connectivity index (χ1v) is 11.1. The molecule has 180 valence electrons. The lowest BCUT2D eigenvalue weighted by atomic mass is 9.80. The van der Waals surface area contributed by atoms with Crippen LogP contribution in [0.1, 0.15) is 41.3 Å². The van der Waals surface area contributed by atoms with Gasteiger partial charge in [0.25, 0.3) is 5.91 Å². The number of carbonyl (C=O) groups is 3. The predicted octanol–water partition coefficient (Wildman–Crippen LogP) is 1.49. The highest BCUT2D eigenvalue weighted by Gasteiger charge is 2.40. The third-order valence-electron chi connectivity index (χ3n) is 6.04. The Morgan fingerprint density at radius 2 is 1.56 bits per heavy atom. The minimum atomic E-state index is -0.924. The van der Waals surface area contributed by atoms with Gasteiger partial charge < -0.3 is 21.1 Å². The van der Waals surface area contributed by atoms with Gasteiger partial charge in [-0.25, -0.2) is 0 Å². The Morgan fingerprint density at radius 3 is 2.09 bits per heavy atom. The van der Waals surface area contributed by atoms with Crippen molar-refractivity contribution in [3.8, 4) is 0 Å². The lowest BCUT2D eigenvalue weighted by Gasteiger charge is -2.40. The quantitative estimate of drug-likeness (QED) is 0.344. The van der Waals surface area contributed by atoms with Crippen molar-refractivity contribution in [1.82, 2.24) is 15.1 Å². The van der Waals surface area contributed by atoms with Gasteiger partial charge in [0.05, 0.1) is 18.0 Å². The van der Waals surface area contributed by atoms with Gasteiger partial charge in [-0.05, 0) is 31.5 Å². The topological polar surface area (TPSA) is 140 Å². The molecule has 9 nitrogen and oxygen atoms in total. The summed E-state index contributed by atoms with van der Waals surface area (Å²) >= 11 is 0. The first kappa shape index (κ1) is 24.9. The maximum absolute atomic E-state index is 13.7. The van der Waals surface area contributed by atoms with Gasteiger partial charge in [0.2, 0.25) is 5.91 Å². The number of carboxylic acids is 1. The zero-order chi connectivity index (χ0) is 24.9. The minimum absolute atomic E-state index is 0.0475. The van der Waals surface area contributed by atoms with E-state index in [2.05, 4.69) is 5.32 Å². The summed E-state index contributed by atoms with van der Waals surface area (Å²) in [6.07, 6.45) is 0. The van der Waals surface area contributed by atoms with Crippen molar-refractivity contribution >= 4 is 23.6 Å². The molecule has 34 heavy (non-hydrogen) atoms. The number of nitrogens with two attached hydrogens (primary N) is 1. The van der Waals surface area contributed by atoms with E-state index in [-0.39, 0.29) is 24.2 Å². The molecule has 1 atom stereocenters. The van der Waals surface area contributed by atoms with E-state index in [9.17, 15) is 14.4 Å². The summed E-state index contributed by atoms with van der Waals surface area (Å²) < 4.78 is 0. The van der Waals surface area contributed by atoms with E-state index in [1.54, 1.807) is 34.1 Å². The summed E-state index contributed by atoms with van der Waals surface area (Å²) in [6.45, 7) is 5.41. The molecule has 1 heterocycles. The molecule has 5 N–H and O–H groups in total. The Hall–Kier alpha value is -3.72. The van der Waals surface area contributed by atoms with Crippen LogP contribution in [-0.4, -0.2) is 76.8 Å². The Kier molecular flexibility index (Phi) is 7.68. The number of carboxylic acid groups (broad SMARTS) is 1. The van der Waals surface area contributed by atoms with Crippen LogP contribution in [-0.2, 0) is 9.59 Å². The van der Waals surface area contributed by atoms with Crippen LogP contribution >= 0.6 is 0 Å². The molecule has 3 rings (SSSR count). The van der Waals surface area contributed by atoms with Crippen molar-refractivity contribution in [1.29, 1.82) is 5.41 Å². The lowest BCUT2D eigenvalue weighted by molar-refractivity contribution is -0.140. The fourth-order valence-corrected chi connectivity index (χ4v) is 4.25. The summed E-state index contributed by atoms with van der Waals surface area (Å²) in [5.74, 6) is -2.05. The summed E-state index contributed by atoms with van der Waals surface area (Å²) in [5, 5.41) is 19.5. The zero-order valence-corrected chi connectivity index (χ0v) is 19.5. The first-order valence-electron chi connectivity index (χ1n) is 11.1. The van der Waals surface area contributed by atoms with Gasteiger partial charge in [-0.15, -0.1) is 0 Å². The van der Waals surface area contributed by atoms with E-state index in [0.29, 0.717) is 37.3 Å². The lowest BCUT2D eigenvalue weighted by Crippen LogP contribution is -2.57. The molecule has 9 heteroatoms. The molecule has 2 amide bonds. The number of amidine groups is 1. The molecule has 0 aromatic heterocycles. The third kappa shape index (κ3) is 5.99. The largest absolute Gasteiger partial charge is 0.480 e. The Labute approximate surface area is 199 Å². The number of nitrogen functional groups attached to an aromatic ring is 1. The summed E-state index contributed by atoms with van der Waals surface area (Å²) in [7, 11) is 0. The van der Waals surface area contributed by atoms with Crippen LogP contribution in [0.3, 0.4) is 0 Å². The van der Waals surface area contributed by atoms with Crippen LogP contribution < -0.4 is 11.1 Å². The van der Waals surface area contributed by atoms with Crippen molar-refractivity contribution < 1.29 is 19.5 Å². The fourth-order valence-electron chi connectivity index (χ4n) is 4.25. The van der Waals surface area contributed by atoms with E-state index in [1.165, 1.54) is 0 Å². The maximum Gasteiger partial charge on any atom is 0.317 e. The molecule has 1 aliphatic rings. The average Bonchev–Trinajstić information content (AvgIpc) is 2.79. The van der Waals surface area contributed by atoms with E-state index < -0.39 is 17.4 Å². The highest BCUT2D eigenvalue weighted by molar-refractivity contribution is 5.99. The molecule has 0 radical (unpaired) electrons. The Bertz CT molecular complexity index is 1040. The molecular weight excluding hydrogens is 434 g/mol. The summed E-state index contributed by atoms with van der Waals surface area (Å²) in [6, 6.07) is 15.8. The molecule has 2 aromatic rings. The summed E-state index contributed by atoms with van der Waals surface area (Å²) in [5.41, 5.74) is 6.28. The predicted molar refractivity (Wildman–Crippen MR) is 129 cm³/mol. The zero-order valence-electron chi connectivity index (χ0n) is 19.5. The van der Waals surface area contributed by atoms with Crippen LogP contribution in [0.15, 0.2) is 54.6 Å². The first-order chi connectivity index (χ1) is 16.1. The number of piperazine rings is 1. The number of benzene rings is 2. The second-order valence-corrected chi connectivity index (χ2v) is 9.01. The second-order valence-electron chi connectivity index (χ2n) is 9.01. The molecule has 0 bridgehead atoms. The minimum Gasteiger partial charge on any atom is -0.480 e. The van der Waals surface area contributed by atoms with E-state index in [1.807, 2.05) is 44.2 Å². The highest BCUT2D eigenvalue weighted by atomic mass is 16.4. The monoisotopic (exact) mass is 465 g/mol. The molecular formula is C25H31N5O4. The molecule has 0 aliphatic carbocycles. The van der Waals surface area contributed by atoms with Gasteiger partial charge in [-0.3, -0.25) is 24.7 Å². The van der Waals surface area contributed by atoms with Crippen molar-refractivity contribution in [2.75, 3.05) is 32.7 Å². The number of rotatable bonds is 8. The number of nitrogens with zero attached hydrogens (tertiary/aromatic N) is 2. The van der Waals surface area contributed by atoms with Crippen molar-refractivity contribution in [3.05, 3.63) is 71.3 Å². The Balaban J connectivity index is 1.80. The van der Waals surface area contributed by atoms with Crippen LogP contribution in [0.2, 0.25) is 0 Å². The van der Waals surface area contributed by atoms with Crippen LogP contribution in [0.4, 0.5) is 0 Å². The van der Waals surface area contributed by atoms with Crippen LogP contribution in [0.5, 0.6) is 0 Å². The summed E-state index contributed by atoms with van der Waals surface area (Å²) in [4.78, 5) is 41.3. The molecule has 1 aliphatic heterocycles. The highest BCUT2D eigenvalue weighted by Crippen LogP contribution is 2.31. The van der Waals surface area contributed by atoms with Gasteiger partial charge in [0.1, 0.15) is 5.84 Å². The second kappa shape index (κ2) is 10.5. The van der Waals surface area contributed by atoms with Crippen LogP contribution in [0.25, 0.3) is 0 Å². The van der Waals surface area contributed by atoms with E-state index >= 15 is 0 Å². The standard InChI is InChI=1S/C25H31N5O4/c1-25(2,28-23(33)19-10-8-18(9-11-19)22(26)27)21(17-6-4-3-5-7-17)24(34)30-14-12-29(13-15-30)16-20(31)32/h3-11,21H,12-16H2,1-2H3,(H3,26,27)(H,28,33)(H,31,32). The molecule has 0 saturated carbocycles. The van der Waals surface area contributed by atoms with E-state index in [0.717, 1.165) is 5.56 Å². The van der Waals surface area contributed by atoms with E-state index in [4.69, 9.17) is 16.2 Å².